The third kappa shape index (κ3) is 2.24. The van der Waals surface area contributed by atoms with Gasteiger partial charge in [0.2, 0.25) is 0 Å². The van der Waals surface area contributed by atoms with Crippen LogP contribution in [0.4, 0.5) is 0 Å². The fourth-order valence-electron chi connectivity index (χ4n) is 1.73. The molecular formula is C11H17N3O2. The van der Waals surface area contributed by atoms with Crippen molar-refractivity contribution in [3.05, 3.63) is 18.0 Å². The zero-order valence-corrected chi connectivity index (χ0v) is 9.64. The number of methoxy groups -OCH3 is 1. The molecule has 1 heterocycles. The number of carbonyl (C=O) groups excluding carboxylic acids is 1. The summed E-state index contributed by atoms with van der Waals surface area (Å²) in [7, 11) is 1.34. The Balaban J connectivity index is 2.04. The van der Waals surface area contributed by atoms with Crippen molar-refractivity contribution in [1.82, 2.24) is 9.78 Å². The topological polar surface area (TPSA) is 70.1 Å². The quantitative estimate of drug-likeness (QED) is 0.761. The lowest BCUT2D eigenvalue weighted by Crippen LogP contribution is -2.49. The lowest BCUT2D eigenvalue weighted by molar-refractivity contribution is -0.147. The summed E-state index contributed by atoms with van der Waals surface area (Å²) in [5, 5.41) is 4.21. The molecule has 1 unspecified atom stereocenters. The Morgan fingerprint density at radius 3 is 3.00 bits per heavy atom. The minimum atomic E-state index is -1.03. The largest absolute Gasteiger partial charge is 0.468 e. The Labute approximate surface area is 94.6 Å². The molecule has 0 radical (unpaired) electrons. The van der Waals surface area contributed by atoms with Gasteiger partial charge in [-0.15, -0.1) is 0 Å². The van der Waals surface area contributed by atoms with Gasteiger partial charge in [0.15, 0.2) is 0 Å². The van der Waals surface area contributed by atoms with Crippen LogP contribution in [-0.2, 0) is 16.1 Å². The van der Waals surface area contributed by atoms with E-state index in [4.69, 9.17) is 5.73 Å². The Bertz CT molecular complexity index is 394. The van der Waals surface area contributed by atoms with Crippen molar-refractivity contribution >= 4 is 5.97 Å². The molecular weight excluding hydrogens is 206 g/mol. The van der Waals surface area contributed by atoms with Crippen LogP contribution in [0.2, 0.25) is 0 Å². The SMILES string of the molecule is COC(=O)C(C)(N)Cn1cc(C2CC2)cn1. The highest BCUT2D eigenvalue weighted by atomic mass is 16.5. The second kappa shape index (κ2) is 3.90. The van der Waals surface area contributed by atoms with Gasteiger partial charge in [0.1, 0.15) is 5.54 Å². The van der Waals surface area contributed by atoms with E-state index in [1.54, 1.807) is 11.6 Å². The maximum Gasteiger partial charge on any atom is 0.327 e. The molecule has 0 aliphatic heterocycles. The summed E-state index contributed by atoms with van der Waals surface area (Å²) >= 11 is 0. The van der Waals surface area contributed by atoms with Gasteiger partial charge in [-0.25, -0.2) is 0 Å². The second-order valence-electron chi connectivity index (χ2n) is 4.65. The normalized spacial score (nSPS) is 19.2. The maximum absolute atomic E-state index is 11.4. The van der Waals surface area contributed by atoms with Crippen molar-refractivity contribution in [3.8, 4) is 0 Å². The molecule has 0 aromatic carbocycles. The highest BCUT2D eigenvalue weighted by Gasteiger charge is 2.31. The fourth-order valence-corrected chi connectivity index (χ4v) is 1.73. The van der Waals surface area contributed by atoms with E-state index >= 15 is 0 Å². The summed E-state index contributed by atoms with van der Waals surface area (Å²) in [6, 6.07) is 0. The number of nitrogens with zero attached hydrogens (tertiary/aromatic N) is 2. The van der Waals surface area contributed by atoms with Crippen LogP contribution in [0.3, 0.4) is 0 Å². The van der Waals surface area contributed by atoms with Gasteiger partial charge in [0, 0.05) is 6.20 Å². The number of ether oxygens (including phenoxy) is 1. The van der Waals surface area contributed by atoms with E-state index in [0.717, 1.165) is 0 Å². The molecule has 2 N–H and O–H groups in total. The van der Waals surface area contributed by atoms with Gasteiger partial charge in [-0.3, -0.25) is 9.48 Å². The predicted molar refractivity (Wildman–Crippen MR) is 58.8 cm³/mol. The molecule has 1 fully saturated rings. The molecule has 5 heteroatoms. The number of aromatic nitrogens is 2. The van der Waals surface area contributed by atoms with Crippen molar-refractivity contribution in [3.63, 3.8) is 0 Å². The Morgan fingerprint density at radius 1 is 1.75 bits per heavy atom. The summed E-state index contributed by atoms with van der Waals surface area (Å²) in [4.78, 5) is 11.4. The lowest BCUT2D eigenvalue weighted by Gasteiger charge is -2.20. The molecule has 0 saturated heterocycles. The zero-order valence-electron chi connectivity index (χ0n) is 9.64. The van der Waals surface area contributed by atoms with Crippen molar-refractivity contribution < 1.29 is 9.53 Å². The van der Waals surface area contributed by atoms with Crippen LogP contribution in [-0.4, -0.2) is 28.4 Å². The van der Waals surface area contributed by atoms with Crippen LogP contribution < -0.4 is 5.73 Å². The fraction of sp³-hybridized carbons (Fsp3) is 0.636. The minimum absolute atomic E-state index is 0.340. The maximum atomic E-state index is 11.4. The van der Waals surface area contributed by atoms with Crippen LogP contribution in [0.15, 0.2) is 12.4 Å². The average Bonchev–Trinajstić information content (AvgIpc) is 2.99. The van der Waals surface area contributed by atoms with E-state index in [2.05, 4.69) is 9.84 Å². The minimum Gasteiger partial charge on any atom is -0.468 e. The monoisotopic (exact) mass is 223 g/mol. The third-order valence-corrected chi connectivity index (χ3v) is 2.84. The van der Waals surface area contributed by atoms with Crippen LogP contribution in [0.5, 0.6) is 0 Å². The van der Waals surface area contributed by atoms with Crippen LogP contribution >= 0.6 is 0 Å². The number of rotatable bonds is 4. The number of hydrogen-bond acceptors (Lipinski definition) is 4. The Kier molecular flexibility index (Phi) is 2.71. The standard InChI is InChI=1S/C11H17N3O2/c1-11(12,10(15)16-2)7-14-6-9(5-13-14)8-3-4-8/h5-6,8H,3-4,7,12H2,1-2H3. The molecule has 1 aromatic heterocycles. The smallest absolute Gasteiger partial charge is 0.327 e. The van der Waals surface area contributed by atoms with E-state index in [0.29, 0.717) is 12.5 Å². The predicted octanol–water partition coefficient (Wildman–Crippen LogP) is 0.651. The van der Waals surface area contributed by atoms with Crippen LogP contribution in [0.1, 0.15) is 31.2 Å². The first kappa shape index (κ1) is 11.1. The first-order valence-electron chi connectivity index (χ1n) is 5.42. The van der Waals surface area contributed by atoms with Crippen molar-refractivity contribution in [2.75, 3.05) is 7.11 Å². The number of carbonyl (C=O) groups is 1. The molecule has 0 amide bonds. The van der Waals surface area contributed by atoms with Gasteiger partial charge in [-0.05, 0) is 31.2 Å². The van der Waals surface area contributed by atoms with Crippen LogP contribution in [0.25, 0.3) is 0 Å². The summed E-state index contributed by atoms with van der Waals surface area (Å²) in [6.07, 6.45) is 6.29. The molecule has 1 aliphatic rings. The first-order valence-corrected chi connectivity index (χ1v) is 5.42. The average molecular weight is 223 g/mol. The number of esters is 1. The van der Waals surface area contributed by atoms with Gasteiger partial charge in [-0.1, -0.05) is 0 Å². The van der Waals surface area contributed by atoms with E-state index in [1.807, 2.05) is 12.4 Å². The summed E-state index contributed by atoms with van der Waals surface area (Å²) in [5.41, 5.74) is 6.08. The molecule has 88 valence electrons. The number of hydrogen-bond donors (Lipinski definition) is 1. The number of nitrogens with two attached hydrogens (primary N) is 1. The highest BCUT2D eigenvalue weighted by molar-refractivity contribution is 5.79. The van der Waals surface area contributed by atoms with Crippen molar-refractivity contribution in [2.45, 2.75) is 37.8 Å². The lowest BCUT2D eigenvalue weighted by atomic mass is 10.1. The Morgan fingerprint density at radius 2 is 2.44 bits per heavy atom. The van der Waals surface area contributed by atoms with Crippen molar-refractivity contribution in [2.24, 2.45) is 5.73 Å². The van der Waals surface area contributed by atoms with Crippen LogP contribution in [0, 0.1) is 0 Å². The molecule has 0 bridgehead atoms. The van der Waals surface area contributed by atoms with Gasteiger partial charge < -0.3 is 10.5 Å². The molecule has 0 spiro atoms. The summed E-state index contributed by atoms with van der Waals surface area (Å²) < 4.78 is 6.36. The molecule has 1 atom stereocenters. The van der Waals surface area contributed by atoms with Crippen molar-refractivity contribution in [1.29, 1.82) is 0 Å². The molecule has 2 rings (SSSR count). The van der Waals surface area contributed by atoms with E-state index < -0.39 is 11.5 Å². The summed E-state index contributed by atoms with van der Waals surface area (Å²) in [6.45, 7) is 1.99. The van der Waals surface area contributed by atoms with E-state index in [-0.39, 0.29) is 0 Å². The third-order valence-electron chi connectivity index (χ3n) is 2.84. The molecule has 1 aromatic rings. The van der Waals surface area contributed by atoms with Gasteiger partial charge in [0.25, 0.3) is 0 Å². The Hall–Kier alpha value is -1.36. The zero-order chi connectivity index (χ0) is 11.8. The molecule has 16 heavy (non-hydrogen) atoms. The highest BCUT2D eigenvalue weighted by Crippen LogP contribution is 2.39. The van der Waals surface area contributed by atoms with Gasteiger partial charge in [-0.2, -0.15) is 5.10 Å². The van der Waals surface area contributed by atoms with Gasteiger partial charge in [0.05, 0.1) is 19.9 Å². The van der Waals surface area contributed by atoms with E-state index in [1.165, 1.54) is 25.5 Å². The molecule has 1 aliphatic carbocycles. The van der Waals surface area contributed by atoms with E-state index in [9.17, 15) is 4.79 Å². The summed E-state index contributed by atoms with van der Waals surface area (Å²) in [5.74, 6) is 0.242. The molecule has 5 nitrogen and oxygen atoms in total. The molecule has 1 saturated carbocycles. The second-order valence-corrected chi connectivity index (χ2v) is 4.65. The first-order chi connectivity index (χ1) is 7.53. The van der Waals surface area contributed by atoms with Gasteiger partial charge >= 0.3 is 5.97 Å².